The number of ether oxygens (including phenoxy) is 1. The smallest absolute Gasteiger partial charge is 0.335 e. The van der Waals surface area contributed by atoms with Crippen molar-refractivity contribution in [1.82, 2.24) is 0 Å². The molecule has 0 spiro atoms. The van der Waals surface area contributed by atoms with Crippen molar-refractivity contribution in [2.75, 3.05) is 0 Å². The standard InChI is InChI=1S/C24H30O4/c1-2-3-4-5-6-7-8-9-10-23(25)28-22-17-15-20(16-18-22)19-11-13-21(14-12-19)24(26)27/h11-18H,2-10H2,1H3,(H,26,27). The predicted molar refractivity (Wildman–Crippen MR) is 112 cm³/mol. The minimum absolute atomic E-state index is 0.190. The van der Waals surface area contributed by atoms with Crippen LogP contribution in [-0.2, 0) is 4.79 Å². The summed E-state index contributed by atoms with van der Waals surface area (Å²) in [6.45, 7) is 2.22. The maximum absolute atomic E-state index is 12.0. The lowest BCUT2D eigenvalue weighted by molar-refractivity contribution is -0.134. The Hall–Kier alpha value is -2.62. The Morgan fingerprint density at radius 3 is 1.79 bits per heavy atom. The van der Waals surface area contributed by atoms with Crippen molar-refractivity contribution in [3.63, 3.8) is 0 Å². The highest BCUT2D eigenvalue weighted by Crippen LogP contribution is 2.23. The van der Waals surface area contributed by atoms with E-state index in [2.05, 4.69) is 6.92 Å². The molecule has 0 aromatic heterocycles. The van der Waals surface area contributed by atoms with Gasteiger partial charge in [0.15, 0.2) is 0 Å². The molecule has 2 aromatic rings. The second-order valence-corrected chi connectivity index (χ2v) is 7.11. The highest BCUT2D eigenvalue weighted by atomic mass is 16.5. The fourth-order valence-corrected chi connectivity index (χ4v) is 3.11. The zero-order chi connectivity index (χ0) is 20.2. The first-order valence-electron chi connectivity index (χ1n) is 10.2. The first-order valence-corrected chi connectivity index (χ1v) is 10.2. The monoisotopic (exact) mass is 382 g/mol. The topological polar surface area (TPSA) is 63.6 Å². The largest absolute Gasteiger partial charge is 0.478 e. The average Bonchev–Trinajstić information content (AvgIpc) is 2.70. The molecule has 0 aliphatic carbocycles. The molecule has 0 aliphatic heterocycles. The number of carboxylic acid groups (broad SMARTS) is 1. The van der Waals surface area contributed by atoms with Crippen LogP contribution in [-0.4, -0.2) is 17.0 Å². The van der Waals surface area contributed by atoms with Crippen molar-refractivity contribution in [2.24, 2.45) is 0 Å². The zero-order valence-electron chi connectivity index (χ0n) is 16.7. The second kappa shape index (κ2) is 12.0. The van der Waals surface area contributed by atoms with Crippen LogP contribution in [0.3, 0.4) is 0 Å². The maximum Gasteiger partial charge on any atom is 0.335 e. The summed E-state index contributed by atoms with van der Waals surface area (Å²) in [5.74, 6) is -0.592. The first-order chi connectivity index (χ1) is 13.6. The molecule has 0 heterocycles. The number of hydrogen-bond donors (Lipinski definition) is 1. The molecule has 0 radical (unpaired) electrons. The molecular formula is C24H30O4. The fraction of sp³-hybridized carbons (Fsp3) is 0.417. The molecule has 4 nitrogen and oxygen atoms in total. The number of carboxylic acids is 1. The number of unbranched alkanes of at least 4 members (excludes halogenated alkanes) is 7. The van der Waals surface area contributed by atoms with Crippen molar-refractivity contribution in [3.8, 4) is 16.9 Å². The van der Waals surface area contributed by atoms with E-state index in [1.54, 1.807) is 36.4 Å². The number of esters is 1. The van der Waals surface area contributed by atoms with Gasteiger partial charge in [-0.1, -0.05) is 76.1 Å². The van der Waals surface area contributed by atoms with Gasteiger partial charge in [-0.05, 0) is 41.8 Å². The summed E-state index contributed by atoms with van der Waals surface area (Å²) in [5.41, 5.74) is 2.12. The van der Waals surface area contributed by atoms with Crippen molar-refractivity contribution in [3.05, 3.63) is 54.1 Å². The number of benzene rings is 2. The molecule has 0 saturated heterocycles. The third-order valence-corrected chi connectivity index (χ3v) is 4.79. The van der Waals surface area contributed by atoms with Crippen molar-refractivity contribution >= 4 is 11.9 Å². The lowest BCUT2D eigenvalue weighted by Gasteiger charge is -2.07. The van der Waals surface area contributed by atoms with Crippen molar-refractivity contribution in [1.29, 1.82) is 0 Å². The summed E-state index contributed by atoms with van der Waals surface area (Å²) in [6.07, 6.45) is 10.0. The Morgan fingerprint density at radius 1 is 0.750 bits per heavy atom. The van der Waals surface area contributed by atoms with Gasteiger partial charge in [0.25, 0.3) is 0 Å². The number of aromatic carboxylic acids is 1. The first kappa shape index (κ1) is 21.7. The second-order valence-electron chi connectivity index (χ2n) is 7.11. The van der Waals surface area contributed by atoms with Crippen molar-refractivity contribution in [2.45, 2.75) is 64.7 Å². The van der Waals surface area contributed by atoms with Crippen LogP contribution in [0.25, 0.3) is 11.1 Å². The molecule has 4 heteroatoms. The van der Waals surface area contributed by atoms with E-state index in [9.17, 15) is 9.59 Å². The van der Waals surface area contributed by atoms with Crippen LogP contribution < -0.4 is 4.74 Å². The van der Waals surface area contributed by atoms with Crippen molar-refractivity contribution < 1.29 is 19.4 Å². The lowest BCUT2D eigenvalue weighted by Crippen LogP contribution is -2.07. The SMILES string of the molecule is CCCCCCCCCCC(=O)Oc1ccc(-c2ccc(C(=O)O)cc2)cc1. The summed E-state index contributed by atoms with van der Waals surface area (Å²) in [7, 11) is 0. The minimum atomic E-state index is -0.940. The fourth-order valence-electron chi connectivity index (χ4n) is 3.11. The van der Waals surface area contributed by atoms with Crippen LogP contribution >= 0.6 is 0 Å². The molecule has 2 aromatic carbocycles. The van der Waals surface area contributed by atoms with Crippen LogP contribution in [0.1, 0.15) is 75.1 Å². The molecule has 0 aliphatic rings. The number of carbonyl (C=O) groups excluding carboxylic acids is 1. The predicted octanol–water partition coefficient (Wildman–Crippen LogP) is 6.49. The summed E-state index contributed by atoms with van der Waals surface area (Å²) in [6, 6.07) is 14.0. The van der Waals surface area contributed by atoms with Gasteiger partial charge in [-0.25, -0.2) is 4.79 Å². The van der Waals surface area contributed by atoms with Crippen LogP contribution in [0.5, 0.6) is 5.75 Å². The van der Waals surface area contributed by atoms with Crippen LogP contribution in [0.2, 0.25) is 0 Å². The Balaban J connectivity index is 1.71. The summed E-state index contributed by atoms with van der Waals surface area (Å²) < 4.78 is 5.40. The van der Waals surface area contributed by atoms with Crippen LogP contribution in [0.15, 0.2) is 48.5 Å². The highest BCUT2D eigenvalue weighted by Gasteiger charge is 2.06. The number of carbonyl (C=O) groups is 2. The van der Waals surface area contributed by atoms with Gasteiger partial charge < -0.3 is 9.84 Å². The molecule has 0 atom stereocenters. The average molecular weight is 383 g/mol. The lowest BCUT2D eigenvalue weighted by atomic mass is 10.0. The van der Waals surface area contributed by atoms with E-state index in [1.165, 1.54) is 38.5 Å². The van der Waals surface area contributed by atoms with Gasteiger partial charge >= 0.3 is 11.9 Å². The van der Waals surface area contributed by atoms with Gasteiger partial charge in [0.2, 0.25) is 0 Å². The van der Waals surface area contributed by atoms with E-state index >= 15 is 0 Å². The molecule has 0 amide bonds. The van der Waals surface area contributed by atoms with E-state index < -0.39 is 5.97 Å². The van der Waals surface area contributed by atoms with Gasteiger partial charge in [0.1, 0.15) is 5.75 Å². The molecule has 0 unspecified atom stereocenters. The molecular weight excluding hydrogens is 352 g/mol. The van der Waals surface area contributed by atoms with Crippen LogP contribution in [0, 0.1) is 0 Å². The molecule has 2 rings (SSSR count). The normalized spacial score (nSPS) is 10.6. The number of hydrogen-bond acceptors (Lipinski definition) is 3. The molecule has 0 saturated carbocycles. The van der Waals surface area contributed by atoms with Gasteiger partial charge in [-0.3, -0.25) is 4.79 Å². The van der Waals surface area contributed by atoms with Gasteiger partial charge in [0.05, 0.1) is 5.56 Å². The highest BCUT2D eigenvalue weighted by molar-refractivity contribution is 5.88. The molecule has 1 N–H and O–H groups in total. The van der Waals surface area contributed by atoms with Crippen LogP contribution in [0.4, 0.5) is 0 Å². The van der Waals surface area contributed by atoms with Gasteiger partial charge in [-0.15, -0.1) is 0 Å². The van der Waals surface area contributed by atoms with Gasteiger partial charge in [-0.2, -0.15) is 0 Å². The number of rotatable bonds is 12. The third-order valence-electron chi connectivity index (χ3n) is 4.79. The Morgan fingerprint density at radius 2 is 1.25 bits per heavy atom. The summed E-state index contributed by atoms with van der Waals surface area (Å²) >= 11 is 0. The minimum Gasteiger partial charge on any atom is -0.478 e. The van der Waals surface area contributed by atoms with E-state index in [0.29, 0.717) is 12.2 Å². The van der Waals surface area contributed by atoms with E-state index in [1.807, 2.05) is 12.1 Å². The van der Waals surface area contributed by atoms with E-state index in [0.717, 1.165) is 24.0 Å². The summed E-state index contributed by atoms with van der Waals surface area (Å²) in [4.78, 5) is 22.9. The molecule has 28 heavy (non-hydrogen) atoms. The van der Waals surface area contributed by atoms with E-state index in [-0.39, 0.29) is 11.5 Å². The molecule has 150 valence electrons. The Kier molecular flexibility index (Phi) is 9.26. The van der Waals surface area contributed by atoms with Gasteiger partial charge in [0, 0.05) is 6.42 Å². The Labute approximate surface area is 167 Å². The maximum atomic E-state index is 12.0. The van der Waals surface area contributed by atoms with E-state index in [4.69, 9.17) is 9.84 Å². The zero-order valence-corrected chi connectivity index (χ0v) is 16.7. The summed E-state index contributed by atoms with van der Waals surface area (Å²) in [5, 5.41) is 8.95. The molecule has 0 fully saturated rings. The third kappa shape index (κ3) is 7.55. The Bertz CT molecular complexity index is 732. The molecule has 0 bridgehead atoms. The quantitative estimate of drug-likeness (QED) is 0.259.